The van der Waals surface area contributed by atoms with Gasteiger partial charge in [-0.25, -0.2) is 4.79 Å². The number of halogens is 1. The Hall–Kier alpha value is -1.68. The van der Waals surface area contributed by atoms with Crippen LogP contribution in [0.1, 0.15) is 21.5 Å². The van der Waals surface area contributed by atoms with Crippen LogP contribution in [0.15, 0.2) is 47.2 Å². The standard InChI is InChI=1S/C13H10BrNO2/c14-12-2-1-10(8-11(12)13(16)17)7-9-3-5-15-6-4-9/h1-6,8H,7H2,(H,16,17). The number of hydrogen-bond acceptors (Lipinski definition) is 2. The summed E-state index contributed by atoms with van der Waals surface area (Å²) in [7, 11) is 0. The highest BCUT2D eigenvalue weighted by Crippen LogP contribution is 2.20. The van der Waals surface area contributed by atoms with Crippen molar-refractivity contribution in [1.82, 2.24) is 4.98 Å². The third kappa shape index (κ3) is 2.91. The Morgan fingerprint density at radius 2 is 1.88 bits per heavy atom. The Morgan fingerprint density at radius 1 is 1.18 bits per heavy atom. The summed E-state index contributed by atoms with van der Waals surface area (Å²) < 4.78 is 0.600. The predicted octanol–water partition coefficient (Wildman–Crippen LogP) is 3.13. The van der Waals surface area contributed by atoms with E-state index in [9.17, 15) is 4.79 Å². The number of rotatable bonds is 3. The molecule has 17 heavy (non-hydrogen) atoms. The average molecular weight is 292 g/mol. The summed E-state index contributed by atoms with van der Waals surface area (Å²) in [6.07, 6.45) is 4.16. The topological polar surface area (TPSA) is 50.2 Å². The molecule has 0 saturated heterocycles. The van der Waals surface area contributed by atoms with E-state index in [2.05, 4.69) is 20.9 Å². The molecule has 4 heteroatoms. The Kier molecular flexibility index (Phi) is 3.54. The summed E-state index contributed by atoms with van der Waals surface area (Å²) in [4.78, 5) is 14.9. The minimum Gasteiger partial charge on any atom is -0.478 e. The lowest BCUT2D eigenvalue weighted by atomic mass is 10.0. The second kappa shape index (κ2) is 5.10. The smallest absolute Gasteiger partial charge is 0.336 e. The molecule has 0 aliphatic rings. The van der Waals surface area contributed by atoms with Crippen molar-refractivity contribution in [2.75, 3.05) is 0 Å². The van der Waals surface area contributed by atoms with E-state index in [0.29, 0.717) is 10.9 Å². The second-order valence-electron chi connectivity index (χ2n) is 3.65. The fourth-order valence-corrected chi connectivity index (χ4v) is 2.00. The molecule has 0 bridgehead atoms. The summed E-state index contributed by atoms with van der Waals surface area (Å²) >= 11 is 3.23. The molecule has 3 nitrogen and oxygen atoms in total. The zero-order valence-corrected chi connectivity index (χ0v) is 10.5. The Morgan fingerprint density at radius 3 is 2.53 bits per heavy atom. The molecule has 0 aliphatic heterocycles. The van der Waals surface area contributed by atoms with Crippen LogP contribution in [-0.2, 0) is 6.42 Å². The van der Waals surface area contributed by atoms with Gasteiger partial charge >= 0.3 is 5.97 Å². The number of nitrogens with zero attached hydrogens (tertiary/aromatic N) is 1. The Bertz CT molecular complexity index is 540. The van der Waals surface area contributed by atoms with Crippen molar-refractivity contribution in [3.63, 3.8) is 0 Å². The van der Waals surface area contributed by atoms with Crippen LogP contribution in [0, 0.1) is 0 Å². The van der Waals surface area contributed by atoms with Gasteiger partial charge in [0.25, 0.3) is 0 Å². The van der Waals surface area contributed by atoms with Crippen LogP contribution in [0.5, 0.6) is 0 Å². The van der Waals surface area contributed by atoms with Crippen molar-refractivity contribution in [2.24, 2.45) is 0 Å². The van der Waals surface area contributed by atoms with Crippen LogP contribution in [0.2, 0.25) is 0 Å². The summed E-state index contributed by atoms with van der Waals surface area (Å²) in [5, 5.41) is 9.02. The molecule has 0 fully saturated rings. The number of carbonyl (C=O) groups is 1. The maximum absolute atomic E-state index is 11.0. The van der Waals surface area contributed by atoms with Crippen molar-refractivity contribution in [2.45, 2.75) is 6.42 Å². The van der Waals surface area contributed by atoms with Crippen LogP contribution in [0.25, 0.3) is 0 Å². The quantitative estimate of drug-likeness (QED) is 0.945. The SMILES string of the molecule is O=C(O)c1cc(Cc2ccncc2)ccc1Br. The highest BCUT2D eigenvalue weighted by molar-refractivity contribution is 9.10. The van der Waals surface area contributed by atoms with E-state index >= 15 is 0 Å². The van der Waals surface area contributed by atoms with Crippen LogP contribution in [0.4, 0.5) is 0 Å². The van der Waals surface area contributed by atoms with E-state index in [4.69, 9.17) is 5.11 Å². The van der Waals surface area contributed by atoms with E-state index in [1.165, 1.54) is 0 Å². The lowest BCUT2D eigenvalue weighted by molar-refractivity contribution is 0.0696. The molecule has 2 rings (SSSR count). The third-order valence-electron chi connectivity index (χ3n) is 2.42. The lowest BCUT2D eigenvalue weighted by Crippen LogP contribution is -1.99. The summed E-state index contributed by atoms with van der Waals surface area (Å²) in [6, 6.07) is 9.20. The van der Waals surface area contributed by atoms with E-state index in [0.717, 1.165) is 11.1 Å². The fraction of sp³-hybridized carbons (Fsp3) is 0.0769. The van der Waals surface area contributed by atoms with Crippen molar-refractivity contribution >= 4 is 21.9 Å². The lowest BCUT2D eigenvalue weighted by Gasteiger charge is -2.04. The first-order valence-electron chi connectivity index (χ1n) is 5.07. The van der Waals surface area contributed by atoms with Crippen molar-refractivity contribution < 1.29 is 9.90 Å². The van der Waals surface area contributed by atoms with Crippen molar-refractivity contribution in [3.8, 4) is 0 Å². The molecule has 0 amide bonds. The van der Waals surface area contributed by atoms with Gasteiger partial charge in [0, 0.05) is 16.9 Å². The summed E-state index contributed by atoms with van der Waals surface area (Å²) in [5.74, 6) is -0.923. The zero-order chi connectivity index (χ0) is 12.3. The molecule has 0 unspecified atom stereocenters. The maximum Gasteiger partial charge on any atom is 0.336 e. The van der Waals surface area contributed by atoms with Crippen molar-refractivity contribution in [1.29, 1.82) is 0 Å². The largest absolute Gasteiger partial charge is 0.478 e. The first kappa shape index (κ1) is 11.8. The van der Waals surface area contributed by atoms with Crippen LogP contribution < -0.4 is 0 Å². The molecule has 1 heterocycles. The normalized spacial score (nSPS) is 10.2. The van der Waals surface area contributed by atoms with E-state index in [-0.39, 0.29) is 5.56 Å². The van der Waals surface area contributed by atoms with Gasteiger partial charge in [-0.15, -0.1) is 0 Å². The molecular weight excluding hydrogens is 282 g/mol. The number of benzene rings is 1. The zero-order valence-electron chi connectivity index (χ0n) is 8.93. The third-order valence-corrected chi connectivity index (χ3v) is 3.11. The van der Waals surface area contributed by atoms with Crippen molar-refractivity contribution in [3.05, 3.63) is 63.9 Å². The predicted molar refractivity (Wildman–Crippen MR) is 68.1 cm³/mol. The molecule has 0 atom stereocenters. The van der Waals surface area contributed by atoms with Gasteiger partial charge in [-0.3, -0.25) is 4.98 Å². The van der Waals surface area contributed by atoms with Gasteiger partial charge in [-0.05, 0) is 57.7 Å². The molecule has 0 aliphatic carbocycles. The minimum atomic E-state index is -0.923. The van der Waals surface area contributed by atoms with E-state index in [1.54, 1.807) is 24.5 Å². The van der Waals surface area contributed by atoms with Gasteiger partial charge in [-0.1, -0.05) is 6.07 Å². The maximum atomic E-state index is 11.0. The molecular formula is C13H10BrNO2. The van der Waals surface area contributed by atoms with Gasteiger partial charge in [-0.2, -0.15) is 0 Å². The number of hydrogen-bond donors (Lipinski definition) is 1. The number of carboxylic acids is 1. The first-order valence-corrected chi connectivity index (χ1v) is 5.87. The van der Waals surface area contributed by atoms with Gasteiger partial charge in [0.2, 0.25) is 0 Å². The fourth-order valence-electron chi connectivity index (χ4n) is 1.58. The molecule has 1 aromatic heterocycles. The monoisotopic (exact) mass is 291 g/mol. The van der Waals surface area contributed by atoms with Crippen LogP contribution in [-0.4, -0.2) is 16.1 Å². The number of pyridine rings is 1. The Balaban J connectivity index is 2.29. The number of aromatic carboxylic acids is 1. The van der Waals surface area contributed by atoms with E-state index < -0.39 is 5.97 Å². The second-order valence-corrected chi connectivity index (χ2v) is 4.51. The molecule has 1 aromatic carbocycles. The van der Waals surface area contributed by atoms with Gasteiger partial charge in [0.15, 0.2) is 0 Å². The molecule has 0 radical (unpaired) electrons. The highest BCUT2D eigenvalue weighted by Gasteiger charge is 2.09. The molecule has 0 spiro atoms. The van der Waals surface area contributed by atoms with E-state index in [1.807, 2.05) is 18.2 Å². The van der Waals surface area contributed by atoms with Crippen LogP contribution in [0.3, 0.4) is 0 Å². The minimum absolute atomic E-state index is 0.288. The molecule has 0 saturated carbocycles. The van der Waals surface area contributed by atoms with Crippen LogP contribution >= 0.6 is 15.9 Å². The van der Waals surface area contributed by atoms with Gasteiger partial charge in [0.1, 0.15) is 0 Å². The van der Waals surface area contributed by atoms with Gasteiger partial charge in [0.05, 0.1) is 5.56 Å². The van der Waals surface area contributed by atoms with Gasteiger partial charge < -0.3 is 5.11 Å². The highest BCUT2D eigenvalue weighted by atomic mass is 79.9. The first-order chi connectivity index (χ1) is 8.16. The molecule has 1 N–H and O–H groups in total. The summed E-state index contributed by atoms with van der Waals surface area (Å²) in [5.41, 5.74) is 2.37. The number of carboxylic acid groups (broad SMARTS) is 1. The average Bonchev–Trinajstić information content (AvgIpc) is 2.32. The summed E-state index contributed by atoms with van der Waals surface area (Å²) in [6.45, 7) is 0. The number of aromatic nitrogens is 1. The molecule has 2 aromatic rings. The Labute approximate surface area is 107 Å². The molecule has 86 valence electrons.